The molecular weight excluding hydrogens is 368 g/mol. The molecule has 1 aliphatic heterocycles. The van der Waals surface area contributed by atoms with E-state index in [4.69, 9.17) is 9.47 Å². The smallest absolute Gasteiger partial charge is 0.246 e. The zero-order valence-electron chi connectivity index (χ0n) is 17.4. The molecule has 2 aromatic carbocycles. The zero-order chi connectivity index (χ0) is 21.0. The normalized spacial score (nSPS) is 17.1. The summed E-state index contributed by atoms with van der Waals surface area (Å²) in [4.78, 5) is 29.6. The fraction of sp³-hybridized carbons (Fsp3) is 0.391. The van der Waals surface area contributed by atoms with Crippen molar-refractivity contribution in [3.8, 4) is 11.5 Å². The number of nitrogens with zero attached hydrogens (tertiary/aromatic N) is 2. The molecule has 154 valence electrons. The van der Waals surface area contributed by atoms with Gasteiger partial charge in [-0.05, 0) is 41.3 Å². The first-order valence-corrected chi connectivity index (χ1v) is 9.77. The fourth-order valence-corrected chi connectivity index (χ4v) is 3.65. The summed E-state index contributed by atoms with van der Waals surface area (Å²) in [6, 6.07) is 14.7. The van der Waals surface area contributed by atoms with E-state index >= 15 is 0 Å². The van der Waals surface area contributed by atoms with Crippen molar-refractivity contribution in [2.24, 2.45) is 5.92 Å². The largest absolute Gasteiger partial charge is 0.497 e. The third-order valence-electron chi connectivity index (χ3n) is 5.22. The molecule has 6 nitrogen and oxygen atoms in total. The van der Waals surface area contributed by atoms with Crippen molar-refractivity contribution in [3.05, 3.63) is 59.7 Å². The van der Waals surface area contributed by atoms with Crippen molar-refractivity contribution in [2.45, 2.75) is 33.0 Å². The van der Waals surface area contributed by atoms with E-state index in [0.717, 1.165) is 22.6 Å². The zero-order valence-corrected chi connectivity index (χ0v) is 17.4. The van der Waals surface area contributed by atoms with Gasteiger partial charge in [0.25, 0.3) is 0 Å². The number of ether oxygens (including phenoxy) is 2. The van der Waals surface area contributed by atoms with Crippen LogP contribution < -0.4 is 9.47 Å². The van der Waals surface area contributed by atoms with Crippen LogP contribution >= 0.6 is 0 Å². The van der Waals surface area contributed by atoms with E-state index in [1.165, 1.54) is 0 Å². The summed E-state index contributed by atoms with van der Waals surface area (Å²) < 4.78 is 10.4. The molecule has 0 N–H and O–H groups in total. The molecule has 0 radical (unpaired) electrons. The Labute approximate surface area is 172 Å². The van der Waals surface area contributed by atoms with Crippen molar-refractivity contribution in [1.29, 1.82) is 0 Å². The number of rotatable bonds is 7. The Balaban J connectivity index is 1.76. The van der Waals surface area contributed by atoms with Gasteiger partial charge in [0.15, 0.2) is 0 Å². The molecule has 0 bridgehead atoms. The number of carbonyl (C=O) groups is 2. The number of hydrogen-bond donors (Lipinski definition) is 0. The summed E-state index contributed by atoms with van der Waals surface area (Å²) in [6.07, 6.45) is 0. The maximum absolute atomic E-state index is 13.2. The van der Waals surface area contributed by atoms with E-state index in [9.17, 15) is 9.59 Å². The Morgan fingerprint density at radius 1 is 0.862 bits per heavy atom. The lowest BCUT2D eigenvalue weighted by Crippen LogP contribution is -2.60. The molecule has 1 fully saturated rings. The second kappa shape index (κ2) is 8.99. The van der Waals surface area contributed by atoms with Gasteiger partial charge in [-0.25, -0.2) is 0 Å². The standard InChI is InChI=1S/C23H28N2O4/c1-16(2)22-23(27)24(13-17-5-9-19(28-3)10-6-17)15-21(26)25(22)14-18-7-11-20(29-4)12-8-18/h5-12,16,22H,13-15H2,1-4H3/t22-/m0/s1. The Morgan fingerprint density at radius 3 is 1.79 bits per heavy atom. The number of methoxy groups -OCH3 is 2. The average Bonchev–Trinajstić information content (AvgIpc) is 2.72. The molecule has 29 heavy (non-hydrogen) atoms. The third kappa shape index (κ3) is 4.70. The van der Waals surface area contributed by atoms with E-state index < -0.39 is 6.04 Å². The van der Waals surface area contributed by atoms with Crippen LogP contribution in [0.15, 0.2) is 48.5 Å². The average molecular weight is 396 g/mol. The van der Waals surface area contributed by atoms with Gasteiger partial charge in [0, 0.05) is 13.1 Å². The summed E-state index contributed by atoms with van der Waals surface area (Å²) in [5.74, 6) is 1.50. The predicted molar refractivity (Wildman–Crippen MR) is 111 cm³/mol. The molecule has 0 aromatic heterocycles. The Kier molecular flexibility index (Phi) is 6.42. The van der Waals surface area contributed by atoms with Crippen molar-refractivity contribution >= 4 is 11.8 Å². The van der Waals surface area contributed by atoms with E-state index in [1.807, 2.05) is 62.4 Å². The number of benzene rings is 2. The summed E-state index contributed by atoms with van der Waals surface area (Å²) in [5.41, 5.74) is 1.94. The van der Waals surface area contributed by atoms with E-state index in [-0.39, 0.29) is 24.3 Å². The highest BCUT2D eigenvalue weighted by atomic mass is 16.5. The van der Waals surface area contributed by atoms with Gasteiger partial charge in [-0.15, -0.1) is 0 Å². The minimum atomic E-state index is -0.475. The van der Waals surface area contributed by atoms with Crippen LogP contribution in [0.1, 0.15) is 25.0 Å². The van der Waals surface area contributed by atoms with Gasteiger partial charge in [-0.1, -0.05) is 38.1 Å². The van der Waals surface area contributed by atoms with Gasteiger partial charge in [-0.3, -0.25) is 9.59 Å². The third-order valence-corrected chi connectivity index (χ3v) is 5.22. The highest BCUT2D eigenvalue weighted by molar-refractivity contribution is 5.95. The maximum Gasteiger partial charge on any atom is 0.246 e. The Morgan fingerprint density at radius 2 is 1.34 bits per heavy atom. The Bertz CT molecular complexity index is 846. The van der Waals surface area contributed by atoms with E-state index in [2.05, 4.69) is 0 Å². The molecule has 0 unspecified atom stereocenters. The molecule has 1 heterocycles. The van der Waals surface area contributed by atoms with E-state index in [1.54, 1.807) is 24.0 Å². The topological polar surface area (TPSA) is 59.1 Å². The van der Waals surface area contributed by atoms with Crippen molar-refractivity contribution in [2.75, 3.05) is 20.8 Å². The van der Waals surface area contributed by atoms with Crippen LogP contribution in [0.4, 0.5) is 0 Å². The SMILES string of the molecule is COc1ccc(CN2CC(=O)N(Cc3ccc(OC)cc3)[C@@H](C(C)C)C2=O)cc1. The van der Waals surface area contributed by atoms with Crippen LogP contribution in [-0.4, -0.2) is 48.4 Å². The van der Waals surface area contributed by atoms with Crippen LogP contribution in [-0.2, 0) is 22.7 Å². The number of amides is 2. The van der Waals surface area contributed by atoms with Gasteiger partial charge in [0.05, 0.1) is 14.2 Å². The van der Waals surface area contributed by atoms with Gasteiger partial charge in [-0.2, -0.15) is 0 Å². The van der Waals surface area contributed by atoms with Crippen molar-refractivity contribution < 1.29 is 19.1 Å². The van der Waals surface area contributed by atoms with Gasteiger partial charge in [0.1, 0.15) is 24.1 Å². The highest BCUT2D eigenvalue weighted by Gasteiger charge is 2.40. The summed E-state index contributed by atoms with van der Waals surface area (Å²) in [5, 5.41) is 0. The van der Waals surface area contributed by atoms with Crippen molar-refractivity contribution in [1.82, 2.24) is 9.80 Å². The minimum Gasteiger partial charge on any atom is -0.497 e. The van der Waals surface area contributed by atoms with E-state index in [0.29, 0.717) is 13.1 Å². The maximum atomic E-state index is 13.2. The van der Waals surface area contributed by atoms with Crippen LogP contribution in [0, 0.1) is 5.92 Å². The van der Waals surface area contributed by atoms with Crippen LogP contribution in [0.2, 0.25) is 0 Å². The molecule has 0 saturated carbocycles. The van der Waals surface area contributed by atoms with Gasteiger partial charge >= 0.3 is 0 Å². The second-order valence-corrected chi connectivity index (χ2v) is 7.60. The first-order chi connectivity index (χ1) is 13.9. The lowest BCUT2D eigenvalue weighted by atomic mass is 9.97. The molecule has 2 amide bonds. The highest BCUT2D eigenvalue weighted by Crippen LogP contribution is 2.24. The quantitative estimate of drug-likeness (QED) is 0.722. The molecule has 3 rings (SSSR count). The molecule has 1 atom stereocenters. The molecule has 2 aromatic rings. The fourth-order valence-electron chi connectivity index (χ4n) is 3.65. The molecule has 6 heteroatoms. The number of hydrogen-bond acceptors (Lipinski definition) is 4. The summed E-state index contributed by atoms with van der Waals surface area (Å²) in [6.45, 7) is 4.87. The molecule has 1 aliphatic rings. The number of carbonyl (C=O) groups excluding carboxylic acids is 2. The summed E-state index contributed by atoms with van der Waals surface area (Å²) >= 11 is 0. The van der Waals surface area contributed by atoms with Gasteiger partial charge < -0.3 is 19.3 Å². The van der Waals surface area contributed by atoms with Crippen LogP contribution in [0.5, 0.6) is 11.5 Å². The summed E-state index contributed by atoms with van der Waals surface area (Å²) in [7, 11) is 3.24. The van der Waals surface area contributed by atoms with Crippen LogP contribution in [0.3, 0.4) is 0 Å². The minimum absolute atomic E-state index is 0.0103. The number of piperazine rings is 1. The van der Waals surface area contributed by atoms with Gasteiger partial charge in [0.2, 0.25) is 11.8 Å². The second-order valence-electron chi connectivity index (χ2n) is 7.60. The molecule has 0 aliphatic carbocycles. The lowest BCUT2D eigenvalue weighted by molar-refractivity contribution is -0.159. The molecular formula is C23H28N2O4. The van der Waals surface area contributed by atoms with Crippen molar-refractivity contribution in [3.63, 3.8) is 0 Å². The molecule has 0 spiro atoms. The first kappa shape index (κ1) is 20.7. The predicted octanol–water partition coefficient (Wildman–Crippen LogP) is 3.10. The van der Waals surface area contributed by atoms with Crippen LogP contribution in [0.25, 0.3) is 0 Å². The monoisotopic (exact) mass is 396 g/mol. The Hall–Kier alpha value is -3.02. The lowest BCUT2D eigenvalue weighted by Gasteiger charge is -2.42. The molecule has 1 saturated heterocycles. The first-order valence-electron chi connectivity index (χ1n) is 9.77.